The molecule has 1 aromatic rings. The molecule has 2 amide bonds. The smallest absolute Gasteiger partial charge is 0.409 e. The highest BCUT2D eigenvalue weighted by molar-refractivity contribution is 7.09. The van der Waals surface area contributed by atoms with E-state index >= 15 is 0 Å². The van der Waals surface area contributed by atoms with E-state index in [1.165, 1.54) is 4.88 Å². The summed E-state index contributed by atoms with van der Waals surface area (Å²) in [6.07, 6.45) is 2.66. The summed E-state index contributed by atoms with van der Waals surface area (Å²) in [5.74, 6) is 0.0954. The molecule has 1 N–H and O–H groups in total. The van der Waals surface area contributed by atoms with Crippen LogP contribution in [-0.2, 0) is 16.0 Å². The summed E-state index contributed by atoms with van der Waals surface area (Å²) < 4.78 is 4.98. The number of carbonyl (C=O) groups is 2. The highest BCUT2D eigenvalue weighted by atomic mass is 32.1. The van der Waals surface area contributed by atoms with Crippen LogP contribution >= 0.6 is 11.3 Å². The molecule has 6 heteroatoms. The number of aryl methyl sites for hydroxylation is 1. The molecule has 1 aliphatic rings. The van der Waals surface area contributed by atoms with E-state index in [1.807, 2.05) is 11.4 Å². The van der Waals surface area contributed by atoms with Crippen LogP contribution in [0.15, 0.2) is 17.5 Å². The van der Waals surface area contributed by atoms with Crippen LogP contribution in [0, 0.1) is 0 Å². The van der Waals surface area contributed by atoms with Gasteiger partial charge in [0, 0.05) is 30.4 Å². The zero-order valence-corrected chi connectivity index (χ0v) is 13.2. The second-order valence-electron chi connectivity index (χ2n) is 5.11. The molecular formula is C15H22N2O3S. The lowest BCUT2D eigenvalue weighted by atomic mass is 10.1. The van der Waals surface area contributed by atoms with Gasteiger partial charge in [0.25, 0.3) is 0 Å². The van der Waals surface area contributed by atoms with Gasteiger partial charge in [-0.1, -0.05) is 6.07 Å². The Hall–Kier alpha value is -1.56. The van der Waals surface area contributed by atoms with Crippen LogP contribution < -0.4 is 5.32 Å². The highest BCUT2D eigenvalue weighted by Crippen LogP contribution is 2.13. The number of piperidine rings is 1. The summed E-state index contributed by atoms with van der Waals surface area (Å²) in [4.78, 5) is 26.4. The molecule has 1 fully saturated rings. The van der Waals surface area contributed by atoms with Gasteiger partial charge in [0.15, 0.2) is 0 Å². The summed E-state index contributed by atoms with van der Waals surface area (Å²) >= 11 is 1.68. The summed E-state index contributed by atoms with van der Waals surface area (Å²) in [6, 6.07) is 4.23. The third-order valence-electron chi connectivity index (χ3n) is 3.56. The van der Waals surface area contributed by atoms with Crippen molar-refractivity contribution < 1.29 is 14.3 Å². The lowest BCUT2D eigenvalue weighted by Crippen LogP contribution is -2.46. The molecule has 1 aliphatic heterocycles. The van der Waals surface area contributed by atoms with Crippen LogP contribution in [-0.4, -0.2) is 42.6 Å². The Balaban J connectivity index is 1.66. The fraction of sp³-hybridized carbons (Fsp3) is 0.600. The number of thiophene rings is 1. The van der Waals surface area contributed by atoms with Crippen molar-refractivity contribution >= 4 is 23.3 Å². The zero-order chi connectivity index (χ0) is 15.1. The molecule has 0 radical (unpaired) electrons. The van der Waals surface area contributed by atoms with Crippen LogP contribution in [0.25, 0.3) is 0 Å². The van der Waals surface area contributed by atoms with Gasteiger partial charge < -0.3 is 15.0 Å². The Morgan fingerprint density at radius 2 is 2.19 bits per heavy atom. The van der Waals surface area contributed by atoms with Crippen LogP contribution in [0.5, 0.6) is 0 Å². The standard InChI is InChI=1S/C15H22N2O3S/c1-2-20-15(19)17-9-7-12(8-10-17)16-14(18)6-5-13-4-3-11-21-13/h3-4,11-12H,2,5-10H2,1H3,(H,16,18). The van der Waals surface area contributed by atoms with E-state index in [-0.39, 0.29) is 18.0 Å². The molecule has 21 heavy (non-hydrogen) atoms. The maximum absolute atomic E-state index is 11.9. The van der Waals surface area contributed by atoms with Crippen molar-refractivity contribution in [3.8, 4) is 0 Å². The van der Waals surface area contributed by atoms with Gasteiger partial charge in [0.05, 0.1) is 6.61 Å². The number of hydrogen-bond donors (Lipinski definition) is 1. The fourth-order valence-electron chi connectivity index (χ4n) is 2.41. The Labute approximate surface area is 129 Å². The van der Waals surface area contributed by atoms with Crippen molar-refractivity contribution in [1.82, 2.24) is 10.2 Å². The number of nitrogens with zero attached hydrogens (tertiary/aromatic N) is 1. The monoisotopic (exact) mass is 310 g/mol. The number of ether oxygens (including phenoxy) is 1. The maximum atomic E-state index is 11.9. The highest BCUT2D eigenvalue weighted by Gasteiger charge is 2.24. The minimum absolute atomic E-state index is 0.0954. The average molecular weight is 310 g/mol. The van der Waals surface area contributed by atoms with E-state index in [1.54, 1.807) is 23.2 Å². The summed E-state index contributed by atoms with van der Waals surface area (Å²) in [5, 5.41) is 5.09. The van der Waals surface area contributed by atoms with Gasteiger partial charge in [-0.3, -0.25) is 4.79 Å². The van der Waals surface area contributed by atoms with Gasteiger partial charge in [-0.05, 0) is 37.6 Å². The molecule has 0 atom stereocenters. The minimum Gasteiger partial charge on any atom is -0.450 e. The molecule has 0 spiro atoms. The summed E-state index contributed by atoms with van der Waals surface area (Å²) in [6.45, 7) is 3.50. The number of amides is 2. The summed E-state index contributed by atoms with van der Waals surface area (Å²) in [7, 11) is 0. The third kappa shape index (κ3) is 5.04. The Morgan fingerprint density at radius 3 is 2.81 bits per heavy atom. The van der Waals surface area contributed by atoms with E-state index in [9.17, 15) is 9.59 Å². The fourth-order valence-corrected chi connectivity index (χ4v) is 3.12. The largest absolute Gasteiger partial charge is 0.450 e. The first kappa shape index (κ1) is 15.8. The van der Waals surface area contributed by atoms with Crippen molar-refractivity contribution in [3.05, 3.63) is 22.4 Å². The normalized spacial score (nSPS) is 15.8. The van der Waals surface area contributed by atoms with E-state index < -0.39 is 0 Å². The van der Waals surface area contributed by atoms with Crippen molar-refractivity contribution in [2.24, 2.45) is 0 Å². The second-order valence-corrected chi connectivity index (χ2v) is 6.14. The quantitative estimate of drug-likeness (QED) is 0.908. The maximum Gasteiger partial charge on any atom is 0.409 e. The molecule has 0 bridgehead atoms. The predicted molar refractivity (Wildman–Crippen MR) is 82.4 cm³/mol. The van der Waals surface area contributed by atoms with Gasteiger partial charge in [-0.25, -0.2) is 4.79 Å². The zero-order valence-electron chi connectivity index (χ0n) is 12.3. The van der Waals surface area contributed by atoms with Crippen molar-refractivity contribution in [1.29, 1.82) is 0 Å². The predicted octanol–water partition coefficient (Wildman–Crippen LogP) is 2.42. The van der Waals surface area contributed by atoms with E-state index in [0.29, 0.717) is 26.1 Å². The molecule has 0 aliphatic carbocycles. The molecule has 1 saturated heterocycles. The lowest BCUT2D eigenvalue weighted by Gasteiger charge is -2.31. The van der Waals surface area contributed by atoms with Gasteiger partial charge >= 0.3 is 6.09 Å². The van der Waals surface area contributed by atoms with Crippen molar-refractivity contribution in [2.45, 2.75) is 38.6 Å². The van der Waals surface area contributed by atoms with Gasteiger partial charge in [0.2, 0.25) is 5.91 Å². The lowest BCUT2D eigenvalue weighted by molar-refractivity contribution is -0.122. The Bertz CT molecular complexity index is 453. The van der Waals surface area contributed by atoms with Crippen LogP contribution in [0.4, 0.5) is 4.79 Å². The van der Waals surface area contributed by atoms with Crippen molar-refractivity contribution in [2.75, 3.05) is 19.7 Å². The van der Waals surface area contributed by atoms with E-state index in [4.69, 9.17) is 4.74 Å². The van der Waals surface area contributed by atoms with E-state index in [2.05, 4.69) is 11.4 Å². The minimum atomic E-state index is -0.250. The molecule has 1 aromatic heterocycles. The molecular weight excluding hydrogens is 288 g/mol. The number of rotatable bonds is 5. The molecule has 0 unspecified atom stereocenters. The van der Waals surface area contributed by atoms with Gasteiger partial charge in [-0.15, -0.1) is 11.3 Å². The topological polar surface area (TPSA) is 58.6 Å². The molecule has 0 saturated carbocycles. The number of hydrogen-bond acceptors (Lipinski definition) is 4. The van der Waals surface area contributed by atoms with Crippen LogP contribution in [0.1, 0.15) is 31.1 Å². The molecule has 2 rings (SSSR count). The first-order chi connectivity index (χ1) is 10.2. The average Bonchev–Trinajstić information content (AvgIpc) is 2.99. The number of likely N-dealkylation sites (tertiary alicyclic amines) is 1. The second kappa shape index (κ2) is 8.02. The first-order valence-corrected chi connectivity index (χ1v) is 8.30. The van der Waals surface area contributed by atoms with Crippen molar-refractivity contribution in [3.63, 3.8) is 0 Å². The van der Waals surface area contributed by atoms with Crippen LogP contribution in [0.2, 0.25) is 0 Å². The molecule has 5 nitrogen and oxygen atoms in total. The van der Waals surface area contributed by atoms with Gasteiger partial charge in [-0.2, -0.15) is 0 Å². The van der Waals surface area contributed by atoms with E-state index in [0.717, 1.165) is 19.3 Å². The Morgan fingerprint density at radius 1 is 1.43 bits per heavy atom. The number of carbonyl (C=O) groups excluding carboxylic acids is 2. The SMILES string of the molecule is CCOC(=O)N1CCC(NC(=O)CCc2cccs2)CC1. The van der Waals surface area contributed by atoms with Crippen LogP contribution in [0.3, 0.4) is 0 Å². The molecule has 0 aromatic carbocycles. The number of nitrogens with one attached hydrogen (secondary N) is 1. The molecule has 116 valence electrons. The third-order valence-corrected chi connectivity index (χ3v) is 4.50. The van der Waals surface area contributed by atoms with Gasteiger partial charge in [0.1, 0.15) is 0 Å². The summed E-state index contributed by atoms with van der Waals surface area (Å²) in [5.41, 5.74) is 0. The molecule has 2 heterocycles. The Kier molecular flexibility index (Phi) is 6.04. The first-order valence-electron chi connectivity index (χ1n) is 7.42.